The highest BCUT2D eigenvalue weighted by Crippen LogP contribution is 2.10. The Bertz CT molecular complexity index is 394. The molecule has 18 heavy (non-hydrogen) atoms. The SMILES string of the molecule is CCNCc1cc(C(C)C)nn(CCOC)c1=O. The van der Waals surface area contributed by atoms with E-state index in [1.54, 1.807) is 7.11 Å². The zero-order chi connectivity index (χ0) is 13.5. The summed E-state index contributed by atoms with van der Waals surface area (Å²) in [6, 6.07) is 1.90. The molecule has 0 spiro atoms. The van der Waals surface area contributed by atoms with Crippen LogP contribution in [0.4, 0.5) is 0 Å². The van der Waals surface area contributed by atoms with Crippen LogP contribution in [0, 0.1) is 0 Å². The molecule has 0 bridgehead atoms. The molecule has 0 aliphatic heterocycles. The van der Waals surface area contributed by atoms with Gasteiger partial charge in [0.05, 0.1) is 18.8 Å². The molecule has 0 aromatic carbocycles. The maximum Gasteiger partial charge on any atom is 0.271 e. The van der Waals surface area contributed by atoms with E-state index in [1.165, 1.54) is 4.68 Å². The van der Waals surface area contributed by atoms with Crippen LogP contribution in [0.15, 0.2) is 10.9 Å². The van der Waals surface area contributed by atoms with Crippen LogP contribution < -0.4 is 10.9 Å². The third-order valence-electron chi connectivity index (χ3n) is 2.73. The predicted molar refractivity (Wildman–Crippen MR) is 71.8 cm³/mol. The molecule has 0 aliphatic rings. The third kappa shape index (κ3) is 3.92. The van der Waals surface area contributed by atoms with E-state index >= 15 is 0 Å². The van der Waals surface area contributed by atoms with Gasteiger partial charge >= 0.3 is 0 Å². The van der Waals surface area contributed by atoms with Crippen molar-refractivity contribution in [3.05, 3.63) is 27.7 Å². The molecule has 1 rings (SSSR count). The first-order chi connectivity index (χ1) is 8.60. The normalized spacial score (nSPS) is 11.2. The average molecular weight is 253 g/mol. The highest BCUT2D eigenvalue weighted by Gasteiger charge is 2.10. The molecule has 0 saturated heterocycles. The number of nitrogens with zero attached hydrogens (tertiary/aromatic N) is 2. The lowest BCUT2D eigenvalue weighted by molar-refractivity contribution is 0.181. The second-order valence-corrected chi connectivity index (χ2v) is 4.55. The Hall–Kier alpha value is -1.20. The van der Waals surface area contributed by atoms with Gasteiger partial charge in [0.1, 0.15) is 0 Å². The largest absolute Gasteiger partial charge is 0.383 e. The lowest BCUT2D eigenvalue weighted by Gasteiger charge is -2.12. The molecule has 0 saturated carbocycles. The van der Waals surface area contributed by atoms with E-state index in [9.17, 15) is 4.79 Å². The maximum atomic E-state index is 12.2. The molecule has 102 valence electrons. The van der Waals surface area contributed by atoms with E-state index < -0.39 is 0 Å². The molecule has 0 unspecified atom stereocenters. The number of nitrogens with one attached hydrogen (secondary N) is 1. The number of aromatic nitrogens is 2. The van der Waals surface area contributed by atoms with Gasteiger partial charge in [0, 0.05) is 19.2 Å². The van der Waals surface area contributed by atoms with Crippen molar-refractivity contribution >= 4 is 0 Å². The first-order valence-electron chi connectivity index (χ1n) is 6.40. The monoisotopic (exact) mass is 253 g/mol. The van der Waals surface area contributed by atoms with Crippen LogP contribution in [0.5, 0.6) is 0 Å². The Balaban J connectivity index is 3.07. The van der Waals surface area contributed by atoms with Crippen molar-refractivity contribution in [3.63, 3.8) is 0 Å². The van der Waals surface area contributed by atoms with E-state index in [0.717, 1.165) is 17.8 Å². The summed E-state index contributed by atoms with van der Waals surface area (Å²) in [6.45, 7) is 8.59. The van der Waals surface area contributed by atoms with Crippen LogP contribution in [0.3, 0.4) is 0 Å². The molecule has 0 radical (unpaired) electrons. The highest BCUT2D eigenvalue weighted by molar-refractivity contribution is 5.16. The summed E-state index contributed by atoms with van der Waals surface area (Å²) in [5.41, 5.74) is 1.68. The smallest absolute Gasteiger partial charge is 0.271 e. The van der Waals surface area contributed by atoms with E-state index in [2.05, 4.69) is 24.3 Å². The minimum Gasteiger partial charge on any atom is -0.383 e. The van der Waals surface area contributed by atoms with Crippen LogP contribution in [0.1, 0.15) is 37.9 Å². The van der Waals surface area contributed by atoms with Crippen molar-refractivity contribution in [2.75, 3.05) is 20.3 Å². The van der Waals surface area contributed by atoms with Gasteiger partial charge in [-0.05, 0) is 18.5 Å². The molecule has 1 N–H and O–H groups in total. The van der Waals surface area contributed by atoms with Gasteiger partial charge in [-0.25, -0.2) is 4.68 Å². The lowest BCUT2D eigenvalue weighted by Crippen LogP contribution is -2.31. The topological polar surface area (TPSA) is 56.1 Å². The van der Waals surface area contributed by atoms with Crippen LogP contribution >= 0.6 is 0 Å². The van der Waals surface area contributed by atoms with Crippen LogP contribution in [-0.4, -0.2) is 30.0 Å². The minimum atomic E-state index is -0.0302. The summed E-state index contributed by atoms with van der Waals surface area (Å²) in [4.78, 5) is 12.2. The summed E-state index contributed by atoms with van der Waals surface area (Å²) in [5, 5.41) is 7.56. The fourth-order valence-corrected chi connectivity index (χ4v) is 1.62. The zero-order valence-corrected chi connectivity index (χ0v) is 11.7. The quantitative estimate of drug-likeness (QED) is 0.791. The van der Waals surface area contributed by atoms with Crippen LogP contribution in [0.2, 0.25) is 0 Å². The van der Waals surface area contributed by atoms with Crippen molar-refractivity contribution < 1.29 is 4.74 Å². The number of rotatable bonds is 7. The van der Waals surface area contributed by atoms with Gasteiger partial charge in [0.15, 0.2) is 0 Å². The van der Waals surface area contributed by atoms with Gasteiger partial charge in [-0.3, -0.25) is 4.79 Å². The second-order valence-electron chi connectivity index (χ2n) is 4.55. The van der Waals surface area contributed by atoms with Crippen LogP contribution in [0.25, 0.3) is 0 Å². The summed E-state index contributed by atoms with van der Waals surface area (Å²) >= 11 is 0. The van der Waals surface area contributed by atoms with Gasteiger partial charge in [-0.15, -0.1) is 0 Å². The number of methoxy groups -OCH3 is 1. The van der Waals surface area contributed by atoms with Crippen molar-refractivity contribution in [2.24, 2.45) is 0 Å². The molecular formula is C13H23N3O2. The number of hydrogen-bond acceptors (Lipinski definition) is 4. The Kier molecular flexibility index (Phi) is 6.01. The molecule has 1 aromatic rings. The first kappa shape index (κ1) is 14.9. The standard InChI is InChI=1S/C13H23N3O2/c1-5-14-9-11-8-12(10(2)3)15-16(13(11)17)6-7-18-4/h8,10,14H,5-7,9H2,1-4H3. The second kappa shape index (κ2) is 7.28. The summed E-state index contributed by atoms with van der Waals surface area (Å²) < 4.78 is 6.51. The molecule has 0 fully saturated rings. The third-order valence-corrected chi connectivity index (χ3v) is 2.73. The molecule has 0 atom stereocenters. The van der Waals surface area contributed by atoms with Gasteiger partial charge in [0.2, 0.25) is 0 Å². The molecule has 1 aromatic heterocycles. The predicted octanol–water partition coefficient (Wildman–Crippen LogP) is 1.12. The van der Waals surface area contributed by atoms with Crippen LogP contribution in [-0.2, 0) is 17.8 Å². The van der Waals surface area contributed by atoms with E-state index in [0.29, 0.717) is 25.6 Å². The summed E-state index contributed by atoms with van der Waals surface area (Å²) in [5.74, 6) is 0.305. The molecule has 5 nitrogen and oxygen atoms in total. The number of ether oxygens (including phenoxy) is 1. The molecule has 1 heterocycles. The molecule has 0 amide bonds. The molecule has 0 aliphatic carbocycles. The maximum absolute atomic E-state index is 12.2. The van der Waals surface area contributed by atoms with E-state index in [4.69, 9.17) is 4.74 Å². The zero-order valence-electron chi connectivity index (χ0n) is 11.7. The van der Waals surface area contributed by atoms with Crippen molar-refractivity contribution in [1.29, 1.82) is 0 Å². The Morgan fingerprint density at radius 1 is 1.50 bits per heavy atom. The lowest BCUT2D eigenvalue weighted by atomic mass is 10.1. The fraction of sp³-hybridized carbons (Fsp3) is 0.692. The number of hydrogen-bond donors (Lipinski definition) is 1. The fourth-order valence-electron chi connectivity index (χ4n) is 1.62. The minimum absolute atomic E-state index is 0.0302. The molecular weight excluding hydrogens is 230 g/mol. The van der Waals surface area contributed by atoms with Crippen molar-refractivity contribution in [1.82, 2.24) is 15.1 Å². The van der Waals surface area contributed by atoms with E-state index in [-0.39, 0.29) is 5.56 Å². The Morgan fingerprint density at radius 2 is 2.22 bits per heavy atom. The van der Waals surface area contributed by atoms with E-state index in [1.807, 2.05) is 13.0 Å². The van der Waals surface area contributed by atoms with Gasteiger partial charge in [0.25, 0.3) is 5.56 Å². The summed E-state index contributed by atoms with van der Waals surface area (Å²) in [7, 11) is 1.62. The molecule has 5 heteroatoms. The van der Waals surface area contributed by atoms with Crippen molar-refractivity contribution in [3.8, 4) is 0 Å². The Morgan fingerprint density at radius 3 is 2.78 bits per heavy atom. The summed E-state index contributed by atoms with van der Waals surface area (Å²) in [6.07, 6.45) is 0. The average Bonchev–Trinajstić information content (AvgIpc) is 2.35. The highest BCUT2D eigenvalue weighted by atomic mass is 16.5. The van der Waals surface area contributed by atoms with Gasteiger partial charge in [-0.1, -0.05) is 20.8 Å². The first-order valence-corrected chi connectivity index (χ1v) is 6.40. The van der Waals surface area contributed by atoms with Crippen molar-refractivity contribution in [2.45, 2.75) is 39.8 Å². The van der Waals surface area contributed by atoms with Gasteiger partial charge in [-0.2, -0.15) is 5.10 Å². The Labute approximate surface area is 108 Å². The van der Waals surface area contributed by atoms with Gasteiger partial charge < -0.3 is 10.1 Å².